The summed E-state index contributed by atoms with van der Waals surface area (Å²) in [6, 6.07) is 14.6. The SMILES string of the molecule is CCCC(=O)NC[C@H](c1ccc2c(c1)OCO2)[NH+]1CCN(c2ccc(OC)cc2)CC1. The van der Waals surface area contributed by atoms with Crippen LogP contribution in [-0.4, -0.2) is 52.5 Å². The van der Waals surface area contributed by atoms with Crippen LogP contribution in [0.25, 0.3) is 0 Å². The minimum absolute atomic E-state index is 0.115. The van der Waals surface area contributed by atoms with Crippen molar-refractivity contribution in [2.75, 3.05) is 51.5 Å². The molecule has 0 spiro atoms. The minimum Gasteiger partial charge on any atom is -0.497 e. The number of hydrogen-bond donors (Lipinski definition) is 2. The van der Waals surface area contributed by atoms with Crippen LogP contribution in [0.3, 0.4) is 0 Å². The van der Waals surface area contributed by atoms with E-state index in [9.17, 15) is 4.79 Å². The van der Waals surface area contributed by atoms with E-state index in [1.807, 2.05) is 25.1 Å². The number of carbonyl (C=O) groups excluding carboxylic acids is 1. The lowest BCUT2D eigenvalue weighted by Gasteiger charge is -2.38. The maximum Gasteiger partial charge on any atom is 0.231 e. The number of hydrogen-bond acceptors (Lipinski definition) is 5. The van der Waals surface area contributed by atoms with E-state index in [0.717, 1.165) is 49.8 Å². The lowest BCUT2D eigenvalue weighted by Crippen LogP contribution is -3.15. The van der Waals surface area contributed by atoms with Gasteiger partial charge in [0.25, 0.3) is 0 Å². The van der Waals surface area contributed by atoms with Crippen LogP contribution in [0.15, 0.2) is 42.5 Å². The van der Waals surface area contributed by atoms with E-state index in [0.29, 0.717) is 13.0 Å². The van der Waals surface area contributed by atoms with Gasteiger partial charge in [0.2, 0.25) is 12.7 Å². The molecular weight excluding hydrogens is 394 g/mol. The van der Waals surface area contributed by atoms with Crippen molar-refractivity contribution in [3.8, 4) is 17.2 Å². The molecular formula is C24H32N3O4+. The quantitative estimate of drug-likeness (QED) is 0.674. The number of piperazine rings is 1. The van der Waals surface area contributed by atoms with Crippen molar-refractivity contribution in [3.63, 3.8) is 0 Å². The van der Waals surface area contributed by atoms with Crippen LogP contribution in [-0.2, 0) is 4.79 Å². The number of fused-ring (bicyclic) bond motifs is 1. The molecule has 1 saturated heterocycles. The molecule has 2 aromatic rings. The zero-order chi connectivity index (χ0) is 21.6. The second kappa shape index (κ2) is 9.92. The van der Waals surface area contributed by atoms with Crippen molar-refractivity contribution in [1.82, 2.24) is 5.32 Å². The third-order valence-electron chi connectivity index (χ3n) is 6.12. The molecule has 0 radical (unpaired) electrons. The molecule has 1 fully saturated rings. The number of nitrogens with one attached hydrogen (secondary N) is 2. The first-order chi connectivity index (χ1) is 15.2. The number of amides is 1. The molecule has 7 nitrogen and oxygen atoms in total. The van der Waals surface area contributed by atoms with E-state index >= 15 is 0 Å². The van der Waals surface area contributed by atoms with Gasteiger partial charge in [0, 0.05) is 17.7 Å². The molecule has 1 atom stereocenters. The molecule has 166 valence electrons. The van der Waals surface area contributed by atoms with Crippen LogP contribution < -0.4 is 29.3 Å². The van der Waals surface area contributed by atoms with Crippen LogP contribution in [0.1, 0.15) is 31.4 Å². The Morgan fingerprint density at radius 3 is 2.58 bits per heavy atom. The minimum atomic E-state index is 0.115. The van der Waals surface area contributed by atoms with Crippen molar-refractivity contribution in [2.45, 2.75) is 25.8 Å². The lowest BCUT2D eigenvalue weighted by atomic mass is 10.0. The van der Waals surface area contributed by atoms with Crippen molar-refractivity contribution < 1.29 is 23.9 Å². The van der Waals surface area contributed by atoms with Crippen LogP contribution >= 0.6 is 0 Å². The molecule has 7 heteroatoms. The molecule has 2 aliphatic rings. The molecule has 1 amide bonds. The predicted octanol–water partition coefficient (Wildman–Crippen LogP) is 1.79. The van der Waals surface area contributed by atoms with Crippen LogP contribution in [0.4, 0.5) is 5.69 Å². The van der Waals surface area contributed by atoms with Gasteiger partial charge in [-0.15, -0.1) is 0 Å². The van der Waals surface area contributed by atoms with Gasteiger partial charge < -0.3 is 29.3 Å². The second-order valence-corrected chi connectivity index (χ2v) is 8.06. The Bertz CT molecular complexity index is 879. The molecule has 4 rings (SSSR count). The lowest BCUT2D eigenvalue weighted by molar-refractivity contribution is -0.931. The Labute approximate surface area is 183 Å². The number of ether oxygens (including phenoxy) is 3. The molecule has 2 aromatic carbocycles. The molecule has 2 N–H and O–H groups in total. The topological polar surface area (TPSA) is 64.5 Å². The molecule has 2 aliphatic heterocycles. The fourth-order valence-corrected chi connectivity index (χ4v) is 4.35. The van der Waals surface area contributed by atoms with Crippen LogP contribution in [0.5, 0.6) is 17.2 Å². The molecule has 0 bridgehead atoms. The number of quaternary nitrogens is 1. The van der Waals surface area contributed by atoms with Gasteiger partial charge in [-0.05, 0) is 48.9 Å². The standard InChI is InChI=1S/C24H31N3O4/c1-3-4-24(28)25-16-21(18-5-10-22-23(15-18)31-17-30-22)27-13-11-26(12-14-27)19-6-8-20(29-2)9-7-19/h5-10,15,21H,3-4,11-14,16-17H2,1-2H3,(H,25,28)/p+1/t21-/m1/s1. The number of nitrogens with zero attached hydrogens (tertiary/aromatic N) is 1. The first-order valence-electron chi connectivity index (χ1n) is 11.1. The van der Waals surface area contributed by atoms with Gasteiger partial charge in [-0.3, -0.25) is 4.79 Å². The Kier molecular flexibility index (Phi) is 6.82. The van der Waals surface area contributed by atoms with Gasteiger partial charge in [-0.1, -0.05) is 6.92 Å². The van der Waals surface area contributed by atoms with Crippen molar-refractivity contribution in [1.29, 1.82) is 0 Å². The van der Waals surface area contributed by atoms with Crippen molar-refractivity contribution >= 4 is 11.6 Å². The zero-order valence-corrected chi connectivity index (χ0v) is 18.4. The highest BCUT2D eigenvalue weighted by Crippen LogP contribution is 2.33. The van der Waals surface area contributed by atoms with E-state index < -0.39 is 0 Å². The summed E-state index contributed by atoms with van der Waals surface area (Å²) in [6.07, 6.45) is 1.42. The highest BCUT2D eigenvalue weighted by Gasteiger charge is 2.30. The van der Waals surface area contributed by atoms with Gasteiger partial charge >= 0.3 is 0 Å². The Morgan fingerprint density at radius 1 is 1.13 bits per heavy atom. The maximum absolute atomic E-state index is 12.2. The normalized spacial score (nSPS) is 16.8. The summed E-state index contributed by atoms with van der Waals surface area (Å²) in [5, 5.41) is 3.14. The summed E-state index contributed by atoms with van der Waals surface area (Å²) in [7, 11) is 1.69. The number of benzene rings is 2. The average molecular weight is 427 g/mol. The first-order valence-corrected chi connectivity index (χ1v) is 11.1. The predicted molar refractivity (Wildman–Crippen MR) is 119 cm³/mol. The van der Waals surface area contributed by atoms with Crippen LogP contribution in [0, 0.1) is 0 Å². The van der Waals surface area contributed by atoms with E-state index in [1.54, 1.807) is 7.11 Å². The van der Waals surface area contributed by atoms with E-state index in [4.69, 9.17) is 14.2 Å². The number of rotatable bonds is 8. The molecule has 31 heavy (non-hydrogen) atoms. The Hall–Kier alpha value is -2.93. The molecule has 0 saturated carbocycles. The average Bonchev–Trinajstić information content (AvgIpc) is 3.28. The molecule has 0 aromatic heterocycles. The van der Waals surface area contributed by atoms with Crippen molar-refractivity contribution in [3.05, 3.63) is 48.0 Å². The molecule has 0 aliphatic carbocycles. The summed E-state index contributed by atoms with van der Waals surface area (Å²) in [5.41, 5.74) is 2.39. The largest absolute Gasteiger partial charge is 0.497 e. The fourth-order valence-electron chi connectivity index (χ4n) is 4.35. The Morgan fingerprint density at radius 2 is 1.87 bits per heavy atom. The second-order valence-electron chi connectivity index (χ2n) is 8.06. The molecule has 2 heterocycles. The van der Waals surface area contributed by atoms with Gasteiger partial charge in [0.1, 0.15) is 11.8 Å². The summed E-state index contributed by atoms with van der Waals surface area (Å²) >= 11 is 0. The number of carbonyl (C=O) groups is 1. The maximum atomic E-state index is 12.2. The van der Waals surface area contributed by atoms with E-state index in [1.165, 1.54) is 16.2 Å². The van der Waals surface area contributed by atoms with Crippen LogP contribution in [0.2, 0.25) is 0 Å². The van der Waals surface area contributed by atoms with E-state index in [-0.39, 0.29) is 18.7 Å². The number of anilines is 1. The van der Waals surface area contributed by atoms with Gasteiger partial charge in [0.05, 0.1) is 39.8 Å². The summed E-state index contributed by atoms with van der Waals surface area (Å²) in [6.45, 7) is 6.83. The smallest absolute Gasteiger partial charge is 0.231 e. The summed E-state index contributed by atoms with van der Waals surface area (Å²) < 4.78 is 16.3. The highest BCUT2D eigenvalue weighted by atomic mass is 16.7. The number of methoxy groups -OCH3 is 1. The first kappa shape index (κ1) is 21.3. The third kappa shape index (κ3) is 5.05. The van der Waals surface area contributed by atoms with E-state index in [2.05, 4.69) is 34.5 Å². The van der Waals surface area contributed by atoms with Crippen molar-refractivity contribution in [2.24, 2.45) is 0 Å². The van der Waals surface area contributed by atoms with Gasteiger partial charge in [-0.25, -0.2) is 0 Å². The summed E-state index contributed by atoms with van der Waals surface area (Å²) in [5.74, 6) is 2.57. The highest BCUT2D eigenvalue weighted by molar-refractivity contribution is 5.75. The zero-order valence-electron chi connectivity index (χ0n) is 18.4. The monoisotopic (exact) mass is 426 g/mol. The Balaban J connectivity index is 1.45. The van der Waals surface area contributed by atoms with Gasteiger partial charge in [0.15, 0.2) is 11.5 Å². The third-order valence-corrected chi connectivity index (χ3v) is 6.12. The fraction of sp³-hybridized carbons (Fsp3) is 0.458. The molecule has 0 unspecified atom stereocenters. The summed E-state index contributed by atoms with van der Waals surface area (Å²) in [4.78, 5) is 16.0. The van der Waals surface area contributed by atoms with Gasteiger partial charge in [-0.2, -0.15) is 0 Å².